The average Bonchev–Trinajstić information content (AvgIpc) is 2.52. The molecule has 2 nitrogen and oxygen atoms in total. The predicted molar refractivity (Wildman–Crippen MR) is 59.1 cm³/mol. The van der Waals surface area contributed by atoms with Gasteiger partial charge in [-0.05, 0) is 30.5 Å². The Balaban J connectivity index is 2.52. The van der Waals surface area contributed by atoms with Crippen molar-refractivity contribution in [2.45, 2.75) is 19.9 Å². The molecule has 1 aromatic heterocycles. The third kappa shape index (κ3) is 3.10. The molecular weight excluding hydrogens is 180 g/mol. The maximum Gasteiger partial charge on any atom is 0.0328 e. The fraction of sp³-hybridized carbons (Fsp3) is 0.600. The molecule has 0 aromatic carbocycles. The summed E-state index contributed by atoms with van der Waals surface area (Å²) in [5.41, 5.74) is 6.97. The topological polar surface area (TPSA) is 29.3 Å². The molecule has 0 aliphatic heterocycles. The first-order chi connectivity index (χ1) is 6.27. The normalized spacial score (nSPS) is 11.1. The molecule has 0 saturated carbocycles. The maximum atomic E-state index is 5.49. The minimum Gasteiger partial charge on any atom is -0.329 e. The first-order valence-corrected chi connectivity index (χ1v) is 5.59. The lowest BCUT2D eigenvalue weighted by Crippen LogP contribution is -2.24. The van der Waals surface area contributed by atoms with Gasteiger partial charge in [-0.2, -0.15) is 0 Å². The Morgan fingerprint density at radius 1 is 1.54 bits per heavy atom. The lowest BCUT2D eigenvalue weighted by molar-refractivity contribution is 0.338. The minimum absolute atomic E-state index is 0.739. The second kappa shape index (κ2) is 5.37. The SMILES string of the molecule is CCc1ccsc1CN(C)CCN. The Morgan fingerprint density at radius 2 is 2.31 bits per heavy atom. The minimum atomic E-state index is 0.739. The molecular formula is C10H18N2S. The van der Waals surface area contributed by atoms with Crippen molar-refractivity contribution in [1.29, 1.82) is 0 Å². The van der Waals surface area contributed by atoms with Gasteiger partial charge in [-0.3, -0.25) is 0 Å². The lowest BCUT2D eigenvalue weighted by Gasteiger charge is -2.14. The van der Waals surface area contributed by atoms with Crippen LogP contribution in [0.25, 0.3) is 0 Å². The Hall–Kier alpha value is -0.380. The molecule has 3 heteroatoms. The molecule has 1 rings (SSSR count). The third-order valence-corrected chi connectivity index (χ3v) is 3.09. The summed E-state index contributed by atoms with van der Waals surface area (Å²) < 4.78 is 0. The number of likely N-dealkylation sites (N-methyl/N-ethyl adjacent to an activating group) is 1. The van der Waals surface area contributed by atoms with Crippen LogP contribution < -0.4 is 5.73 Å². The van der Waals surface area contributed by atoms with Gasteiger partial charge in [0.25, 0.3) is 0 Å². The van der Waals surface area contributed by atoms with Crippen LogP contribution in [0.3, 0.4) is 0 Å². The van der Waals surface area contributed by atoms with Crippen LogP contribution in [-0.2, 0) is 13.0 Å². The number of nitrogens with two attached hydrogens (primary N) is 1. The summed E-state index contributed by atoms with van der Waals surface area (Å²) in [6, 6.07) is 2.22. The van der Waals surface area contributed by atoms with E-state index in [0.29, 0.717) is 0 Å². The van der Waals surface area contributed by atoms with E-state index in [1.807, 2.05) is 11.3 Å². The van der Waals surface area contributed by atoms with E-state index in [1.54, 1.807) is 0 Å². The standard InChI is InChI=1S/C10H18N2S/c1-3-9-4-7-13-10(9)8-12(2)6-5-11/h4,7H,3,5-6,8,11H2,1-2H3. The van der Waals surface area contributed by atoms with Gasteiger partial charge in [0.1, 0.15) is 0 Å². The molecule has 13 heavy (non-hydrogen) atoms. The summed E-state index contributed by atoms with van der Waals surface area (Å²) in [5, 5.41) is 2.17. The van der Waals surface area contributed by atoms with E-state index in [9.17, 15) is 0 Å². The van der Waals surface area contributed by atoms with Gasteiger partial charge in [0.2, 0.25) is 0 Å². The van der Waals surface area contributed by atoms with Gasteiger partial charge in [-0.1, -0.05) is 6.92 Å². The molecule has 2 N–H and O–H groups in total. The van der Waals surface area contributed by atoms with E-state index in [0.717, 1.165) is 26.1 Å². The Morgan fingerprint density at radius 3 is 2.92 bits per heavy atom. The highest BCUT2D eigenvalue weighted by atomic mass is 32.1. The highest BCUT2D eigenvalue weighted by Crippen LogP contribution is 2.18. The van der Waals surface area contributed by atoms with Gasteiger partial charge in [-0.25, -0.2) is 0 Å². The highest BCUT2D eigenvalue weighted by molar-refractivity contribution is 7.10. The first kappa shape index (κ1) is 10.7. The van der Waals surface area contributed by atoms with Gasteiger partial charge in [0.05, 0.1) is 0 Å². The summed E-state index contributed by atoms with van der Waals surface area (Å²) in [6.45, 7) is 4.96. The third-order valence-electron chi connectivity index (χ3n) is 2.14. The highest BCUT2D eigenvalue weighted by Gasteiger charge is 2.04. The summed E-state index contributed by atoms with van der Waals surface area (Å²) in [6.07, 6.45) is 1.13. The average molecular weight is 198 g/mol. The van der Waals surface area contributed by atoms with Crippen LogP contribution in [0.15, 0.2) is 11.4 Å². The lowest BCUT2D eigenvalue weighted by atomic mass is 10.2. The number of aryl methyl sites for hydroxylation is 1. The van der Waals surface area contributed by atoms with Crippen molar-refractivity contribution in [2.24, 2.45) is 5.73 Å². The molecule has 0 saturated heterocycles. The monoisotopic (exact) mass is 198 g/mol. The zero-order chi connectivity index (χ0) is 9.68. The van der Waals surface area contributed by atoms with Gasteiger partial charge in [-0.15, -0.1) is 11.3 Å². The van der Waals surface area contributed by atoms with Crippen LogP contribution in [0.2, 0.25) is 0 Å². The fourth-order valence-electron chi connectivity index (χ4n) is 1.37. The molecule has 74 valence electrons. The van der Waals surface area contributed by atoms with Crippen molar-refractivity contribution < 1.29 is 0 Å². The van der Waals surface area contributed by atoms with Crippen molar-refractivity contribution in [2.75, 3.05) is 20.1 Å². The molecule has 0 aliphatic carbocycles. The Bertz CT molecular complexity index is 245. The number of hydrogen-bond donors (Lipinski definition) is 1. The zero-order valence-electron chi connectivity index (χ0n) is 8.42. The fourth-order valence-corrected chi connectivity index (χ4v) is 2.42. The van der Waals surface area contributed by atoms with E-state index < -0.39 is 0 Å². The number of hydrogen-bond acceptors (Lipinski definition) is 3. The van der Waals surface area contributed by atoms with Crippen molar-refractivity contribution in [3.8, 4) is 0 Å². The maximum absolute atomic E-state index is 5.49. The van der Waals surface area contributed by atoms with E-state index in [4.69, 9.17) is 5.73 Å². The van der Waals surface area contributed by atoms with Crippen LogP contribution >= 0.6 is 11.3 Å². The van der Waals surface area contributed by atoms with Crippen LogP contribution in [0.5, 0.6) is 0 Å². The number of thiophene rings is 1. The molecule has 0 fully saturated rings. The van der Waals surface area contributed by atoms with Crippen molar-refractivity contribution >= 4 is 11.3 Å². The molecule has 0 amide bonds. The van der Waals surface area contributed by atoms with Gasteiger partial charge < -0.3 is 10.6 Å². The molecule has 0 aliphatic rings. The molecule has 1 aromatic rings. The summed E-state index contributed by atoms with van der Waals surface area (Å²) in [5.74, 6) is 0. The van der Waals surface area contributed by atoms with Crippen LogP contribution in [0.1, 0.15) is 17.4 Å². The largest absolute Gasteiger partial charge is 0.329 e. The van der Waals surface area contributed by atoms with E-state index in [-0.39, 0.29) is 0 Å². The van der Waals surface area contributed by atoms with Crippen molar-refractivity contribution in [1.82, 2.24) is 4.90 Å². The van der Waals surface area contributed by atoms with Crippen LogP contribution in [-0.4, -0.2) is 25.0 Å². The van der Waals surface area contributed by atoms with E-state index in [1.165, 1.54) is 10.4 Å². The Kier molecular flexibility index (Phi) is 4.42. The molecule has 1 heterocycles. The summed E-state index contributed by atoms with van der Waals surface area (Å²) in [4.78, 5) is 3.75. The summed E-state index contributed by atoms with van der Waals surface area (Å²) in [7, 11) is 2.12. The quantitative estimate of drug-likeness (QED) is 0.780. The smallest absolute Gasteiger partial charge is 0.0328 e. The summed E-state index contributed by atoms with van der Waals surface area (Å²) >= 11 is 1.85. The molecule has 0 atom stereocenters. The van der Waals surface area contributed by atoms with E-state index >= 15 is 0 Å². The molecule has 0 spiro atoms. The first-order valence-electron chi connectivity index (χ1n) is 4.71. The van der Waals surface area contributed by atoms with Crippen LogP contribution in [0.4, 0.5) is 0 Å². The molecule has 0 unspecified atom stereocenters. The van der Waals surface area contributed by atoms with Crippen molar-refractivity contribution in [3.63, 3.8) is 0 Å². The second-order valence-corrected chi connectivity index (χ2v) is 4.25. The second-order valence-electron chi connectivity index (χ2n) is 3.25. The van der Waals surface area contributed by atoms with Gasteiger partial charge in [0.15, 0.2) is 0 Å². The van der Waals surface area contributed by atoms with E-state index in [2.05, 4.69) is 30.3 Å². The van der Waals surface area contributed by atoms with Gasteiger partial charge in [0, 0.05) is 24.5 Å². The van der Waals surface area contributed by atoms with Gasteiger partial charge >= 0.3 is 0 Å². The van der Waals surface area contributed by atoms with Crippen LogP contribution in [0, 0.1) is 0 Å². The Labute approximate surface area is 84.4 Å². The molecule has 0 radical (unpaired) electrons. The zero-order valence-corrected chi connectivity index (χ0v) is 9.23. The number of nitrogens with zero attached hydrogens (tertiary/aromatic N) is 1. The predicted octanol–water partition coefficient (Wildman–Crippen LogP) is 1.70. The molecule has 0 bridgehead atoms. The van der Waals surface area contributed by atoms with Crippen molar-refractivity contribution in [3.05, 3.63) is 21.9 Å². The number of rotatable bonds is 5.